The van der Waals surface area contributed by atoms with Gasteiger partial charge in [-0.2, -0.15) is 0 Å². The Morgan fingerprint density at radius 1 is 1.37 bits per heavy atom. The number of nitrogens with one attached hydrogen (secondary N) is 1. The Hall–Kier alpha value is -1.74. The average Bonchev–Trinajstić information content (AvgIpc) is 2.93. The number of fused-ring (bicyclic) bond motifs is 1. The first-order valence-electron chi connectivity index (χ1n) is 6.66. The van der Waals surface area contributed by atoms with Crippen molar-refractivity contribution in [1.82, 2.24) is 5.32 Å². The molecule has 2 aromatic rings. The molecule has 0 saturated carbocycles. The van der Waals surface area contributed by atoms with Crippen LogP contribution in [0.15, 0.2) is 28.9 Å². The zero-order valence-electron chi connectivity index (χ0n) is 11.6. The molecule has 2 heterocycles. The fourth-order valence-electron chi connectivity index (χ4n) is 2.92. The summed E-state index contributed by atoms with van der Waals surface area (Å²) in [4.78, 5) is 0. The lowest BCUT2D eigenvalue weighted by Crippen LogP contribution is -2.31. The third-order valence-corrected chi connectivity index (χ3v) is 3.99. The topological polar surface area (TPSA) is 34.4 Å². The number of methoxy groups -OCH3 is 1. The van der Waals surface area contributed by atoms with Crippen molar-refractivity contribution in [3.05, 3.63) is 52.5 Å². The molecule has 1 aromatic heterocycles. The van der Waals surface area contributed by atoms with Crippen LogP contribution in [0.3, 0.4) is 0 Å². The third kappa shape index (κ3) is 1.94. The maximum absolute atomic E-state index is 5.63. The Labute approximate surface area is 113 Å². The highest BCUT2D eigenvalue weighted by Gasteiger charge is 2.27. The average molecular weight is 257 g/mol. The highest BCUT2D eigenvalue weighted by Crippen LogP contribution is 2.37. The van der Waals surface area contributed by atoms with Crippen molar-refractivity contribution < 1.29 is 9.15 Å². The molecular formula is C16H19NO2. The molecule has 0 saturated heterocycles. The Bertz CT molecular complexity index is 587. The largest absolute Gasteiger partial charge is 0.496 e. The van der Waals surface area contributed by atoms with Crippen molar-refractivity contribution in [2.75, 3.05) is 13.7 Å². The van der Waals surface area contributed by atoms with Crippen LogP contribution < -0.4 is 10.1 Å². The van der Waals surface area contributed by atoms with Crippen LogP contribution in [-0.2, 0) is 6.42 Å². The normalized spacial score (nSPS) is 18.2. The summed E-state index contributed by atoms with van der Waals surface area (Å²) in [6.07, 6.45) is 2.72. The number of furan rings is 1. The van der Waals surface area contributed by atoms with Crippen molar-refractivity contribution in [1.29, 1.82) is 0 Å². The number of hydrogen-bond acceptors (Lipinski definition) is 3. The molecule has 1 unspecified atom stereocenters. The first-order chi connectivity index (χ1) is 9.22. The summed E-state index contributed by atoms with van der Waals surface area (Å²) in [7, 11) is 1.76. The van der Waals surface area contributed by atoms with Crippen molar-refractivity contribution in [3.8, 4) is 5.75 Å². The molecule has 0 bridgehead atoms. The summed E-state index contributed by atoms with van der Waals surface area (Å²) in [5.41, 5.74) is 5.09. The van der Waals surface area contributed by atoms with Gasteiger partial charge in [-0.15, -0.1) is 0 Å². The van der Waals surface area contributed by atoms with Gasteiger partial charge in [0.25, 0.3) is 0 Å². The smallest absolute Gasteiger partial charge is 0.125 e. The molecule has 0 spiro atoms. The van der Waals surface area contributed by atoms with Crippen LogP contribution in [0.2, 0.25) is 0 Å². The maximum atomic E-state index is 5.63. The van der Waals surface area contributed by atoms with Crippen LogP contribution in [0.4, 0.5) is 0 Å². The molecule has 1 N–H and O–H groups in total. The van der Waals surface area contributed by atoms with Crippen molar-refractivity contribution in [3.63, 3.8) is 0 Å². The van der Waals surface area contributed by atoms with E-state index in [9.17, 15) is 0 Å². The predicted octanol–water partition coefficient (Wildman–Crippen LogP) is 3.14. The first-order valence-corrected chi connectivity index (χ1v) is 6.66. The minimum Gasteiger partial charge on any atom is -0.496 e. The lowest BCUT2D eigenvalue weighted by atomic mass is 9.88. The van der Waals surface area contributed by atoms with E-state index in [1.165, 1.54) is 22.3 Å². The van der Waals surface area contributed by atoms with E-state index in [4.69, 9.17) is 9.15 Å². The van der Waals surface area contributed by atoms with Gasteiger partial charge in [-0.25, -0.2) is 0 Å². The maximum Gasteiger partial charge on any atom is 0.125 e. The van der Waals surface area contributed by atoms with Crippen LogP contribution in [0, 0.1) is 13.8 Å². The van der Waals surface area contributed by atoms with Crippen LogP contribution in [0.25, 0.3) is 0 Å². The van der Waals surface area contributed by atoms with Crippen molar-refractivity contribution in [2.24, 2.45) is 0 Å². The van der Waals surface area contributed by atoms with Crippen molar-refractivity contribution in [2.45, 2.75) is 26.3 Å². The molecule has 19 heavy (non-hydrogen) atoms. The third-order valence-electron chi connectivity index (χ3n) is 3.99. The molecule has 3 nitrogen and oxygen atoms in total. The zero-order valence-corrected chi connectivity index (χ0v) is 11.6. The summed E-state index contributed by atoms with van der Waals surface area (Å²) < 4.78 is 11.2. The van der Waals surface area contributed by atoms with Gasteiger partial charge in [0, 0.05) is 12.1 Å². The monoisotopic (exact) mass is 257 g/mol. The minimum absolute atomic E-state index is 0.131. The van der Waals surface area contributed by atoms with Gasteiger partial charge in [-0.3, -0.25) is 0 Å². The molecule has 3 rings (SSSR count). The Morgan fingerprint density at radius 3 is 2.89 bits per heavy atom. The summed E-state index contributed by atoms with van der Waals surface area (Å²) in [5, 5.41) is 3.53. The fraction of sp³-hybridized carbons (Fsp3) is 0.375. The molecule has 1 aliphatic rings. The molecule has 0 fully saturated rings. The van der Waals surface area contributed by atoms with Crippen LogP contribution in [0.5, 0.6) is 5.75 Å². The first kappa shape index (κ1) is 12.3. The highest BCUT2D eigenvalue weighted by molar-refractivity contribution is 5.53. The predicted molar refractivity (Wildman–Crippen MR) is 74.7 cm³/mol. The van der Waals surface area contributed by atoms with Gasteiger partial charge in [0.05, 0.1) is 19.4 Å². The van der Waals surface area contributed by atoms with E-state index in [1.807, 2.05) is 12.1 Å². The molecule has 1 atom stereocenters. The zero-order chi connectivity index (χ0) is 13.4. The fourth-order valence-corrected chi connectivity index (χ4v) is 2.92. The number of hydrogen-bond donors (Lipinski definition) is 1. The standard InChI is InChI=1S/C16H19NO2/c1-10-9-13-12(16(18-3)11(10)2)6-7-17-15(13)14-5-4-8-19-14/h4-5,8-9,15,17H,6-7H2,1-3H3. The molecule has 1 aromatic carbocycles. The summed E-state index contributed by atoms with van der Waals surface area (Å²) >= 11 is 0. The molecule has 100 valence electrons. The molecular weight excluding hydrogens is 238 g/mol. The Balaban J connectivity index is 2.17. The summed E-state index contributed by atoms with van der Waals surface area (Å²) in [6, 6.07) is 6.34. The van der Waals surface area contributed by atoms with Gasteiger partial charge >= 0.3 is 0 Å². The van der Waals surface area contributed by atoms with Gasteiger partial charge in [-0.1, -0.05) is 6.07 Å². The molecule has 0 aliphatic carbocycles. The van der Waals surface area contributed by atoms with Gasteiger partial charge < -0.3 is 14.5 Å². The van der Waals surface area contributed by atoms with E-state index in [0.29, 0.717) is 0 Å². The molecule has 3 heteroatoms. The van der Waals surface area contributed by atoms with E-state index in [-0.39, 0.29) is 6.04 Å². The summed E-state index contributed by atoms with van der Waals surface area (Å²) in [5.74, 6) is 2.00. The van der Waals surface area contributed by atoms with Crippen molar-refractivity contribution >= 4 is 0 Å². The highest BCUT2D eigenvalue weighted by atomic mass is 16.5. The molecule has 0 amide bonds. The number of ether oxygens (including phenoxy) is 1. The minimum atomic E-state index is 0.131. The Morgan fingerprint density at radius 2 is 2.21 bits per heavy atom. The van der Waals surface area contributed by atoms with Gasteiger partial charge in [-0.05, 0) is 49.1 Å². The van der Waals surface area contributed by atoms with Gasteiger partial charge in [0.15, 0.2) is 0 Å². The second-order valence-corrected chi connectivity index (χ2v) is 5.07. The van der Waals surface area contributed by atoms with Crippen LogP contribution in [-0.4, -0.2) is 13.7 Å². The summed E-state index contributed by atoms with van der Waals surface area (Å²) in [6.45, 7) is 5.20. The number of benzene rings is 1. The second kappa shape index (κ2) is 4.74. The van der Waals surface area contributed by atoms with Gasteiger partial charge in [0.2, 0.25) is 0 Å². The number of aryl methyl sites for hydroxylation is 1. The lowest BCUT2D eigenvalue weighted by Gasteiger charge is -2.28. The molecule has 1 aliphatic heterocycles. The SMILES string of the molecule is COc1c(C)c(C)cc2c1CCNC2c1ccco1. The van der Waals surface area contributed by atoms with E-state index >= 15 is 0 Å². The van der Waals surface area contributed by atoms with E-state index < -0.39 is 0 Å². The second-order valence-electron chi connectivity index (χ2n) is 5.07. The Kier molecular flexibility index (Phi) is 3.07. The molecule has 0 radical (unpaired) electrons. The van der Waals surface area contributed by atoms with E-state index in [1.54, 1.807) is 13.4 Å². The quantitative estimate of drug-likeness (QED) is 0.897. The van der Waals surface area contributed by atoms with Crippen LogP contribution in [0.1, 0.15) is 34.1 Å². The van der Waals surface area contributed by atoms with E-state index in [2.05, 4.69) is 25.2 Å². The van der Waals surface area contributed by atoms with Gasteiger partial charge in [0.1, 0.15) is 11.5 Å². The van der Waals surface area contributed by atoms with E-state index in [0.717, 1.165) is 24.5 Å². The lowest BCUT2D eigenvalue weighted by molar-refractivity contribution is 0.392. The van der Waals surface area contributed by atoms with Crippen LogP contribution >= 0.6 is 0 Å². The number of rotatable bonds is 2.